The van der Waals surface area contributed by atoms with Crippen LogP contribution in [0, 0.1) is 19.3 Å². The van der Waals surface area contributed by atoms with Crippen LogP contribution in [0.5, 0.6) is 11.5 Å². The summed E-state index contributed by atoms with van der Waals surface area (Å²) in [6, 6.07) is 7.48. The Kier molecular flexibility index (Phi) is 5.00. The molecule has 0 aliphatic carbocycles. The Hall–Kier alpha value is -2.76. The largest absolute Gasteiger partial charge is 0.457 e. The second-order valence-electron chi connectivity index (χ2n) is 7.98. The summed E-state index contributed by atoms with van der Waals surface area (Å²) in [6.07, 6.45) is 0.274. The van der Waals surface area contributed by atoms with Crippen LogP contribution in [-0.4, -0.2) is 29.7 Å². The van der Waals surface area contributed by atoms with Crippen molar-refractivity contribution < 1.29 is 23.8 Å². The second kappa shape index (κ2) is 7.10. The minimum atomic E-state index is -0.361. The molecule has 0 atom stereocenters. The van der Waals surface area contributed by atoms with Crippen molar-refractivity contribution in [2.45, 2.75) is 41.0 Å². The number of rotatable bonds is 5. The highest BCUT2D eigenvalue weighted by Gasteiger charge is 2.22. The third-order valence-corrected chi connectivity index (χ3v) is 4.38. The fourth-order valence-electron chi connectivity index (χ4n) is 3.17. The maximum atomic E-state index is 12.6. The Balaban J connectivity index is 1.77. The lowest BCUT2D eigenvalue weighted by atomic mass is 9.92. The summed E-state index contributed by atoms with van der Waals surface area (Å²) in [4.78, 5) is 24.5. The van der Waals surface area contributed by atoms with Gasteiger partial charge in [-0.2, -0.15) is 0 Å². The third kappa shape index (κ3) is 4.15. The van der Waals surface area contributed by atoms with E-state index in [2.05, 4.69) is 0 Å². The zero-order valence-electron chi connectivity index (χ0n) is 16.4. The average Bonchev–Trinajstić information content (AvgIpc) is 3.14. The molecule has 1 aromatic heterocycles. The van der Waals surface area contributed by atoms with E-state index in [-0.39, 0.29) is 37.0 Å². The Bertz CT molecular complexity index is 889. The number of nitrogens with zero attached hydrogens (tertiary/aromatic N) is 1. The van der Waals surface area contributed by atoms with Gasteiger partial charge in [-0.1, -0.05) is 20.8 Å². The summed E-state index contributed by atoms with van der Waals surface area (Å²) in [5.41, 5.74) is 2.97. The summed E-state index contributed by atoms with van der Waals surface area (Å²) in [5.74, 6) is 0.824. The van der Waals surface area contributed by atoms with Crippen LogP contribution in [0.3, 0.4) is 0 Å². The number of aromatic nitrogens is 1. The van der Waals surface area contributed by atoms with Crippen molar-refractivity contribution in [3.63, 3.8) is 0 Å². The quantitative estimate of drug-likeness (QED) is 0.587. The number of benzene rings is 1. The van der Waals surface area contributed by atoms with E-state index in [1.54, 1.807) is 0 Å². The topological polar surface area (TPSA) is 66.8 Å². The number of fused-ring (bicyclic) bond motifs is 1. The van der Waals surface area contributed by atoms with Crippen molar-refractivity contribution in [2.24, 2.45) is 5.41 Å². The van der Waals surface area contributed by atoms with Gasteiger partial charge in [0.2, 0.25) is 12.6 Å². The van der Waals surface area contributed by atoms with Gasteiger partial charge < -0.3 is 18.8 Å². The van der Waals surface area contributed by atoms with Crippen LogP contribution in [0.15, 0.2) is 24.3 Å². The Morgan fingerprint density at radius 1 is 1.11 bits per heavy atom. The molecule has 0 radical (unpaired) electrons. The number of ether oxygens (including phenoxy) is 3. The molecule has 3 rings (SSSR count). The van der Waals surface area contributed by atoms with Crippen LogP contribution >= 0.6 is 0 Å². The summed E-state index contributed by atoms with van der Waals surface area (Å²) in [7, 11) is 0. The molecule has 144 valence electrons. The molecule has 0 spiro atoms. The van der Waals surface area contributed by atoms with Gasteiger partial charge in [0.25, 0.3) is 0 Å². The zero-order chi connectivity index (χ0) is 19.8. The van der Waals surface area contributed by atoms with Crippen LogP contribution in [0.4, 0.5) is 0 Å². The summed E-state index contributed by atoms with van der Waals surface area (Å²) in [6.45, 7) is 9.63. The highest BCUT2D eigenvalue weighted by Crippen LogP contribution is 2.35. The molecule has 0 amide bonds. The molecular formula is C21H25NO5. The number of hydrogen-bond acceptors (Lipinski definition) is 5. The van der Waals surface area contributed by atoms with Gasteiger partial charge in [-0.15, -0.1) is 0 Å². The van der Waals surface area contributed by atoms with E-state index < -0.39 is 0 Å². The van der Waals surface area contributed by atoms with Gasteiger partial charge in [-0.05, 0) is 37.5 Å². The number of ketones is 1. The molecule has 1 aliphatic heterocycles. The minimum Gasteiger partial charge on any atom is -0.457 e. The number of aryl methyl sites for hydroxylation is 1. The number of carbonyl (C=O) groups is 2. The molecule has 6 nitrogen and oxygen atoms in total. The second-order valence-corrected chi connectivity index (χ2v) is 7.98. The highest BCUT2D eigenvalue weighted by atomic mass is 16.7. The predicted molar refractivity (Wildman–Crippen MR) is 101 cm³/mol. The minimum absolute atomic E-state index is 0.171. The van der Waals surface area contributed by atoms with Gasteiger partial charge in [0.1, 0.15) is 0 Å². The van der Waals surface area contributed by atoms with E-state index in [0.29, 0.717) is 17.1 Å². The summed E-state index contributed by atoms with van der Waals surface area (Å²) >= 11 is 0. The maximum Gasteiger partial charge on any atom is 0.306 e. The van der Waals surface area contributed by atoms with Crippen LogP contribution in [-0.2, 0) is 9.53 Å². The Morgan fingerprint density at radius 2 is 1.81 bits per heavy atom. The molecule has 0 saturated heterocycles. The molecule has 0 N–H and O–H groups in total. The van der Waals surface area contributed by atoms with Crippen molar-refractivity contribution in [3.05, 3.63) is 41.2 Å². The van der Waals surface area contributed by atoms with Crippen LogP contribution in [0.25, 0.3) is 5.69 Å². The molecule has 2 heterocycles. The molecule has 0 bridgehead atoms. The van der Waals surface area contributed by atoms with E-state index in [1.165, 1.54) is 0 Å². The maximum absolute atomic E-state index is 12.6. The first-order valence-corrected chi connectivity index (χ1v) is 8.93. The standard InChI is InChI=1S/C21H25NO5/c1-13-8-16(17(23)11-25-20(24)10-21(3,4)5)14(2)22(13)15-6-7-18-19(9-15)27-12-26-18/h6-9H,10-12H2,1-5H3. The summed E-state index contributed by atoms with van der Waals surface area (Å²) in [5, 5.41) is 0. The summed E-state index contributed by atoms with van der Waals surface area (Å²) < 4.78 is 17.9. The predicted octanol–water partition coefficient (Wildman–Crippen LogP) is 3.98. The SMILES string of the molecule is Cc1cc(C(=O)COC(=O)CC(C)(C)C)c(C)n1-c1ccc2c(c1)OCO2. The Morgan fingerprint density at radius 3 is 2.52 bits per heavy atom. The molecule has 6 heteroatoms. The first-order chi connectivity index (χ1) is 12.7. The van der Waals surface area contributed by atoms with E-state index in [9.17, 15) is 9.59 Å². The van der Waals surface area contributed by atoms with Crippen molar-refractivity contribution in [2.75, 3.05) is 13.4 Å². The van der Waals surface area contributed by atoms with Gasteiger partial charge in [-0.25, -0.2) is 0 Å². The highest BCUT2D eigenvalue weighted by molar-refractivity contribution is 5.99. The fraction of sp³-hybridized carbons (Fsp3) is 0.429. The number of hydrogen-bond donors (Lipinski definition) is 0. The van der Waals surface area contributed by atoms with Gasteiger partial charge in [0, 0.05) is 28.7 Å². The first kappa shape index (κ1) is 19.0. The first-order valence-electron chi connectivity index (χ1n) is 8.93. The molecule has 27 heavy (non-hydrogen) atoms. The molecule has 0 unspecified atom stereocenters. The van der Waals surface area contributed by atoms with Crippen LogP contribution in [0.1, 0.15) is 48.9 Å². The zero-order valence-corrected chi connectivity index (χ0v) is 16.4. The van der Waals surface area contributed by atoms with E-state index in [4.69, 9.17) is 14.2 Å². The van der Waals surface area contributed by atoms with Gasteiger partial charge in [0.05, 0.1) is 6.42 Å². The molecule has 2 aromatic rings. The van der Waals surface area contributed by atoms with Crippen LogP contribution < -0.4 is 9.47 Å². The lowest BCUT2D eigenvalue weighted by molar-refractivity contribution is -0.144. The molecular weight excluding hydrogens is 346 g/mol. The number of Topliss-reactive ketones (excluding diaryl/α,β-unsaturated/α-hetero) is 1. The normalized spacial score (nSPS) is 12.9. The monoisotopic (exact) mass is 371 g/mol. The van der Waals surface area contributed by atoms with Crippen LogP contribution in [0.2, 0.25) is 0 Å². The van der Waals surface area contributed by atoms with Crippen molar-refractivity contribution >= 4 is 11.8 Å². The van der Waals surface area contributed by atoms with E-state index in [0.717, 1.165) is 17.1 Å². The smallest absolute Gasteiger partial charge is 0.306 e. The number of esters is 1. The molecule has 0 saturated carbocycles. The number of carbonyl (C=O) groups excluding carboxylic acids is 2. The van der Waals surface area contributed by atoms with Gasteiger partial charge >= 0.3 is 5.97 Å². The fourth-order valence-corrected chi connectivity index (χ4v) is 3.17. The van der Waals surface area contributed by atoms with Crippen molar-refractivity contribution in [1.82, 2.24) is 4.57 Å². The molecule has 1 aromatic carbocycles. The van der Waals surface area contributed by atoms with Crippen molar-refractivity contribution in [3.8, 4) is 17.2 Å². The van der Waals surface area contributed by atoms with E-state index >= 15 is 0 Å². The lowest BCUT2D eigenvalue weighted by Gasteiger charge is -2.16. The Labute approximate surface area is 159 Å². The van der Waals surface area contributed by atoms with E-state index in [1.807, 2.05) is 63.5 Å². The van der Waals surface area contributed by atoms with Gasteiger partial charge in [-0.3, -0.25) is 9.59 Å². The lowest BCUT2D eigenvalue weighted by Crippen LogP contribution is -2.19. The van der Waals surface area contributed by atoms with Crippen molar-refractivity contribution in [1.29, 1.82) is 0 Å². The third-order valence-electron chi connectivity index (χ3n) is 4.38. The molecule has 1 aliphatic rings. The van der Waals surface area contributed by atoms with Gasteiger partial charge in [0.15, 0.2) is 18.1 Å². The molecule has 0 fully saturated rings. The average molecular weight is 371 g/mol.